The van der Waals surface area contributed by atoms with Crippen molar-refractivity contribution in [2.24, 2.45) is 5.73 Å². The molecule has 14 heavy (non-hydrogen) atoms. The van der Waals surface area contributed by atoms with Crippen LogP contribution in [0.5, 0.6) is 0 Å². The number of hydrogen-bond donors (Lipinski definition) is 1. The summed E-state index contributed by atoms with van der Waals surface area (Å²) in [4.78, 5) is 0. The first kappa shape index (κ1) is 11.3. The van der Waals surface area contributed by atoms with Crippen LogP contribution in [0.25, 0.3) is 0 Å². The highest BCUT2D eigenvalue weighted by Crippen LogP contribution is 2.22. The van der Waals surface area contributed by atoms with E-state index in [0.29, 0.717) is 0 Å². The Morgan fingerprint density at radius 1 is 1.43 bits per heavy atom. The van der Waals surface area contributed by atoms with Gasteiger partial charge in [-0.15, -0.1) is 0 Å². The summed E-state index contributed by atoms with van der Waals surface area (Å²) in [6, 6.07) is 3.15. The molecule has 0 aliphatic rings. The Balaban J connectivity index is 3.10. The van der Waals surface area contributed by atoms with E-state index in [-0.39, 0.29) is 15.6 Å². The topological polar surface area (TPSA) is 49.8 Å². The molecule has 5 heteroatoms. The quantitative estimate of drug-likeness (QED) is 0.674. The molecule has 0 saturated carbocycles. The van der Waals surface area contributed by atoms with Gasteiger partial charge in [0.1, 0.15) is 11.6 Å². The van der Waals surface area contributed by atoms with Crippen molar-refractivity contribution in [3.8, 4) is 6.07 Å². The number of nitrogens with two attached hydrogens (primary N) is 1. The van der Waals surface area contributed by atoms with Gasteiger partial charge < -0.3 is 5.73 Å². The van der Waals surface area contributed by atoms with Crippen LogP contribution in [0.15, 0.2) is 12.1 Å². The molecule has 2 nitrogen and oxygen atoms in total. The second kappa shape index (κ2) is 4.66. The summed E-state index contributed by atoms with van der Waals surface area (Å²) in [5.41, 5.74) is 5.54. The van der Waals surface area contributed by atoms with E-state index in [9.17, 15) is 8.78 Å². The van der Waals surface area contributed by atoms with E-state index in [2.05, 4.69) is 0 Å². The number of rotatable bonds is 2. The van der Waals surface area contributed by atoms with Crippen molar-refractivity contribution in [2.45, 2.75) is 12.5 Å². The standard InChI is InChI=1S/C9H7F2IN2/c10-6-4-8(12)7(11)3-5(6)9(14)1-2-13/h3-4,9H,1,14H2/t9-/m1/s1. The number of nitriles is 1. The monoisotopic (exact) mass is 308 g/mol. The average molecular weight is 308 g/mol. The van der Waals surface area contributed by atoms with Crippen LogP contribution in [-0.2, 0) is 0 Å². The van der Waals surface area contributed by atoms with Crippen LogP contribution in [0.2, 0.25) is 0 Å². The first-order chi connectivity index (χ1) is 6.56. The SMILES string of the molecule is N#CC[C@@H](N)c1cc(F)c(I)cc1F. The number of hydrogen-bond acceptors (Lipinski definition) is 2. The highest BCUT2D eigenvalue weighted by Gasteiger charge is 2.14. The van der Waals surface area contributed by atoms with Crippen LogP contribution in [-0.4, -0.2) is 0 Å². The molecule has 1 aromatic carbocycles. The molecule has 0 spiro atoms. The molecule has 0 bridgehead atoms. The van der Waals surface area contributed by atoms with Crippen molar-refractivity contribution >= 4 is 22.6 Å². The lowest BCUT2D eigenvalue weighted by Gasteiger charge is -2.09. The van der Waals surface area contributed by atoms with Gasteiger partial charge in [0, 0.05) is 11.6 Å². The van der Waals surface area contributed by atoms with E-state index >= 15 is 0 Å². The van der Waals surface area contributed by atoms with Crippen molar-refractivity contribution in [3.63, 3.8) is 0 Å². The zero-order valence-electron chi connectivity index (χ0n) is 7.10. The molecule has 0 aliphatic heterocycles. The van der Waals surface area contributed by atoms with Gasteiger partial charge in [0.25, 0.3) is 0 Å². The van der Waals surface area contributed by atoms with Gasteiger partial charge in [0.2, 0.25) is 0 Å². The third-order valence-corrected chi connectivity index (χ3v) is 2.58. The minimum atomic E-state index is -0.772. The Kier molecular flexibility index (Phi) is 3.77. The summed E-state index contributed by atoms with van der Waals surface area (Å²) in [7, 11) is 0. The molecule has 0 amide bonds. The van der Waals surface area contributed by atoms with E-state index in [1.165, 1.54) is 0 Å². The molecule has 0 aliphatic carbocycles. The molecule has 0 radical (unpaired) electrons. The van der Waals surface area contributed by atoms with Gasteiger partial charge in [0.05, 0.1) is 16.1 Å². The molecule has 1 rings (SSSR count). The minimum absolute atomic E-state index is 0.0308. The van der Waals surface area contributed by atoms with Crippen LogP contribution >= 0.6 is 22.6 Å². The highest BCUT2D eigenvalue weighted by atomic mass is 127. The van der Waals surface area contributed by atoms with Crippen molar-refractivity contribution < 1.29 is 8.78 Å². The van der Waals surface area contributed by atoms with Crippen molar-refractivity contribution in [1.29, 1.82) is 5.26 Å². The first-order valence-corrected chi connectivity index (χ1v) is 4.91. The minimum Gasteiger partial charge on any atom is -0.323 e. The molecule has 2 N–H and O–H groups in total. The zero-order chi connectivity index (χ0) is 10.7. The Hall–Kier alpha value is -0.740. The van der Waals surface area contributed by atoms with Gasteiger partial charge >= 0.3 is 0 Å². The maximum absolute atomic E-state index is 13.2. The lowest BCUT2D eigenvalue weighted by atomic mass is 10.0. The van der Waals surface area contributed by atoms with Crippen molar-refractivity contribution in [3.05, 3.63) is 32.9 Å². The summed E-state index contributed by atoms with van der Waals surface area (Å²) in [6.45, 7) is 0. The lowest BCUT2D eigenvalue weighted by Crippen LogP contribution is -2.12. The van der Waals surface area contributed by atoms with E-state index in [1.807, 2.05) is 6.07 Å². The maximum atomic E-state index is 13.2. The fraction of sp³-hybridized carbons (Fsp3) is 0.222. The van der Waals surface area contributed by atoms with Gasteiger partial charge in [-0.05, 0) is 34.7 Å². The summed E-state index contributed by atoms with van der Waals surface area (Å²) < 4.78 is 26.5. The van der Waals surface area contributed by atoms with E-state index in [4.69, 9.17) is 11.0 Å². The summed E-state index contributed by atoms with van der Waals surface area (Å²) in [5, 5.41) is 8.37. The number of halogens is 3. The van der Waals surface area contributed by atoms with Crippen LogP contribution in [0.1, 0.15) is 18.0 Å². The highest BCUT2D eigenvalue weighted by molar-refractivity contribution is 14.1. The fourth-order valence-corrected chi connectivity index (χ4v) is 1.46. The van der Waals surface area contributed by atoms with Gasteiger partial charge in [-0.3, -0.25) is 0 Å². The molecular formula is C9H7F2IN2. The van der Waals surface area contributed by atoms with Crippen LogP contribution in [0.3, 0.4) is 0 Å². The van der Waals surface area contributed by atoms with Gasteiger partial charge in [-0.1, -0.05) is 0 Å². The Bertz CT molecular complexity index is 387. The third-order valence-electron chi connectivity index (χ3n) is 1.75. The lowest BCUT2D eigenvalue weighted by molar-refractivity contribution is 0.560. The Labute approximate surface area is 93.9 Å². The predicted octanol–water partition coefficient (Wildman–Crippen LogP) is 2.48. The molecule has 1 aromatic rings. The van der Waals surface area contributed by atoms with E-state index < -0.39 is 17.7 Å². The molecule has 0 heterocycles. The summed E-state index contributed by atoms with van der Waals surface area (Å²) in [6.07, 6.45) is -0.0308. The van der Waals surface area contributed by atoms with Gasteiger partial charge in [-0.25, -0.2) is 8.78 Å². The third kappa shape index (κ3) is 2.39. The Morgan fingerprint density at radius 2 is 2.07 bits per heavy atom. The molecule has 0 unspecified atom stereocenters. The molecule has 1 atom stereocenters. The summed E-state index contributed by atoms with van der Waals surface area (Å²) in [5.74, 6) is -1.09. The average Bonchev–Trinajstić information content (AvgIpc) is 2.11. The molecule has 0 aromatic heterocycles. The van der Waals surface area contributed by atoms with E-state index in [1.54, 1.807) is 22.6 Å². The molecule has 0 saturated heterocycles. The predicted molar refractivity (Wildman–Crippen MR) is 56.2 cm³/mol. The first-order valence-electron chi connectivity index (χ1n) is 3.83. The molecule has 74 valence electrons. The fourth-order valence-electron chi connectivity index (χ4n) is 1.03. The second-order valence-corrected chi connectivity index (χ2v) is 3.92. The van der Waals surface area contributed by atoms with Gasteiger partial charge in [-0.2, -0.15) is 5.26 Å². The molecular weight excluding hydrogens is 301 g/mol. The normalized spacial score (nSPS) is 12.2. The zero-order valence-corrected chi connectivity index (χ0v) is 9.26. The van der Waals surface area contributed by atoms with Crippen LogP contribution < -0.4 is 5.73 Å². The van der Waals surface area contributed by atoms with E-state index in [0.717, 1.165) is 12.1 Å². The van der Waals surface area contributed by atoms with Crippen LogP contribution in [0, 0.1) is 26.5 Å². The Morgan fingerprint density at radius 3 is 2.64 bits per heavy atom. The van der Waals surface area contributed by atoms with Crippen molar-refractivity contribution in [2.75, 3.05) is 0 Å². The maximum Gasteiger partial charge on any atom is 0.137 e. The van der Waals surface area contributed by atoms with Gasteiger partial charge in [0.15, 0.2) is 0 Å². The van der Waals surface area contributed by atoms with Crippen LogP contribution in [0.4, 0.5) is 8.78 Å². The summed E-state index contributed by atoms with van der Waals surface area (Å²) >= 11 is 1.69. The largest absolute Gasteiger partial charge is 0.323 e. The number of benzene rings is 1. The number of nitrogens with zero attached hydrogens (tertiary/aromatic N) is 1. The second-order valence-electron chi connectivity index (χ2n) is 2.76. The smallest absolute Gasteiger partial charge is 0.137 e. The van der Waals surface area contributed by atoms with Crippen molar-refractivity contribution in [1.82, 2.24) is 0 Å². The molecule has 0 fully saturated rings.